The first-order chi connectivity index (χ1) is 12.5. The predicted molar refractivity (Wildman–Crippen MR) is 98.3 cm³/mol. The van der Waals surface area contributed by atoms with Gasteiger partial charge in [0.25, 0.3) is 0 Å². The van der Waals surface area contributed by atoms with Gasteiger partial charge < -0.3 is 5.73 Å². The number of nitrogens with two attached hydrogens (primary N) is 1. The van der Waals surface area contributed by atoms with E-state index in [4.69, 9.17) is 5.73 Å². The Morgan fingerprint density at radius 2 is 1.27 bits per heavy atom. The van der Waals surface area contributed by atoms with Gasteiger partial charge in [0.1, 0.15) is 0 Å². The molecule has 0 spiro atoms. The summed E-state index contributed by atoms with van der Waals surface area (Å²) in [5, 5.41) is 29.5. The molecule has 0 fully saturated rings. The molecule has 0 saturated heterocycles. The smallest absolute Gasteiger partial charge is 0.191 e. The van der Waals surface area contributed by atoms with E-state index in [0.717, 1.165) is 22.3 Å². The molecule has 4 nitrogen and oxygen atoms in total. The molecular weight excluding hydrogens is 320 g/mol. The third-order valence-corrected chi connectivity index (χ3v) is 5.17. The Kier molecular flexibility index (Phi) is 4.25. The van der Waals surface area contributed by atoms with Crippen molar-refractivity contribution < 1.29 is 0 Å². The van der Waals surface area contributed by atoms with E-state index in [9.17, 15) is 15.8 Å². The van der Waals surface area contributed by atoms with Gasteiger partial charge in [-0.2, -0.15) is 15.8 Å². The second kappa shape index (κ2) is 6.40. The van der Waals surface area contributed by atoms with Crippen LogP contribution in [0, 0.1) is 53.3 Å². The van der Waals surface area contributed by atoms with Crippen LogP contribution >= 0.6 is 0 Å². The predicted octanol–water partition coefficient (Wildman–Crippen LogP) is 3.95. The van der Waals surface area contributed by atoms with Gasteiger partial charge in [0.05, 0.1) is 29.5 Å². The molecule has 2 aromatic carbocycles. The van der Waals surface area contributed by atoms with Crippen LogP contribution in [0.5, 0.6) is 0 Å². The van der Waals surface area contributed by atoms with Crippen LogP contribution in [0.3, 0.4) is 0 Å². The molecule has 26 heavy (non-hydrogen) atoms. The maximum Gasteiger partial charge on any atom is 0.191 e. The largest absolute Gasteiger partial charge is 0.399 e. The molecule has 0 amide bonds. The lowest BCUT2D eigenvalue weighted by Crippen LogP contribution is -2.29. The van der Waals surface area contributed by atoms with Crippen molar-refractivity contribution in [2.75, 3.05) is 0 Å². The van der Waals surface area contributed by atoms with E-state index in [0.29, 0.717) is 5.57 Å². The Hall–Kier alpha value is -3.55. The summed E-state index contributed by atoms with van der Waals surface area (Å²) in [6.45, 7) is 3.96. The standard InChI is InChI=1S/C22H18N4/c1-14-3-7-16(8-4-14)19-18(11-23)21(26)22(12-24,13-25)20(19)17-9-5-15(2)6-10-17/h3-10,19-20H,26H2,1-2H3/t19-,20+/m0/s1. The molecule has 0 radical (unpaired) electrons. The molecule has 1 aliphatic carbocycles. The quantitative estimate of drug-likeness (QED) is 0.896. The number of hydrogen-bond donors (Lipinski definition) is 1. The molecule has 2 N–H and O–H groups in total. The Labute approximate surface area is 153 Å². The summed E-state index contributed by atoms with van der Waals surface area (Å²) >= 11 is 0. The second-order valence-electron chi connectivity index (χ2n) is 6.75. The van der Waals surface area contributed by atoms with Crippen molar-refractivity contribution >= 4 is 0 Å². The molecule has 2 aromatic rings. The maximum absolute atomic E-state index is 9.90. The van der Waals surface area contributed by atoms with Crippen molar-refractivity contribution in [1.29, 1.82) is 15.8 Å². The third-order valence-electron chi connectivity index (χ3n) is 5.17. The summed E-state index contributed by atoms with van der Waals surface area (Å²) < 4.78 is 0. The number of allylic oxidation sites excluding steroid dienone is 2. The minimum Gasteiger partial charge on any atom is -0.399 e. The van der Waals surface area contributed by atoms with E-state index in [2.05, 4.69) is 18.2 Å². The molecule has 3 rings (SSSR count). The Bertz CT molecular complexity index is 979. The van der Waals surface area contributed by atoms with Gasteiger partial charge in [-0.15, -0.1) is 0 Å². The van der Waals surface area contributed by atoms with Gasteiger partial charge in [-0.3, -0.25) is 0 Å². The zero-order chi connectivity index (χ0) is 18.9. The van der Waals surface area contributed by atoms with Gasteiger partial charge in [0, 0.05) is 11.8 Å². The highest BCUT2D eigenvalue weighted by Gasteiger charge is 2.55. The van der Waals surface area contributed by atoms with Crippen LogP contribution < -0.4 is 5.73 Å². The fourth-order valence-electron chi connectivity index (χ4n) is 3.73. The lowest BCUT2D eigenvalue weighted by Gasteiger charge is -2.28. The number of aryl methyl sites for hydroxylation is 2. The SMILES string of the molecule is Cc1ccc([C@H]2C(C#N)=C(N)C(C#N)(C#N)[C@@H]2c2ccc(C)cc2)cc1. The number of rotatable bonds is 2. The van der Waals surface area contributed by atoms with E-state index >= 15 is 0 Å². The van der Waals surface area contributed by atoms with E-state index in [1.807, 2.05) is 62.4 Å². The average molecular weight is 338 g/mol. The van der Waals surface area contributed by atoms with Crippen LogP contribution in [0.25, 0.3) is 0 Å². The normalized spacial score (nSPS) is 20.9. The second-order valence-corrected chi connectivity index (χ2v) is 6.75. The summed E-state index contributed by atoms with van der Waals surface area (Å²) in [4.78, 5) is 0. The Morgan fingerprint density at radius 3 is 1.69 bits per heavy atom. The van der Waals surface area contributed by atoms with Crippen molar-refractivity contribution in [3.05, 3.63) is 82.1 Å². The molecule has 2 atom stereocenters. The van der Waals surface area contributed by atoms with Gasteiger partial charge in [0.2, 0.25) is 0 Å². The molecule has 0 unspecified atom stereocenters. The van der Waals surface area contributed by atoms with Gasteiger partial charge in [-0.25, -0.2) is 0 Å². The number of nitrogens with zero attached hydrogens (tertiary/aromatic N) is 3. The van der Waals surface area contributed by atoms with E-state index in [1.165, 1.54) is 0 Å². The Balaban J connectivity index is 2.29. The maximum atomic E-state index is 9.90. The average Bonchev–Trinajstić information content (AvgIpc) is 2.91. The highest BCUT2D eigenvalue weighted by atomic mass is 14.7. The van der Waals surface area contributed by atoms with Crippen LogP contribution in [0.2, 0.25) is 0 Å². The van der Waals surface area contributed by atoms with Crippen molar-refractivity contribution in [2.45, 2.75) is 25.7 Å². The molecule has 126 valence electrons. The van der Waals surface area contributed by atoms with Gasteiger partial charge in [-0.1, -0.05) is 59.7 Å². The third kappa shape index (κ3) is 2.43. The molecule has 1 aliphatic rings. The van der Waals surface area contributed by atoms with Gasteiger partial charge in [0.15, 0.2) is 5.41 Å². The summed E-state index contributed by atoms with van der Waals surface area (Å²) in [6, 6.07) is 21.9. The zero-order valence-electron chi connectivity index (χ0n) is 14.7. The number of benzene rings is 2. The minimum absolute atomic E-state index is 0.0705. The summed E-state index contributed by atoms with van der Waals surface area (Å²) in [6.07, 6.45) is 0. The van der Waals surface area contributed by atoms with Gasteiger partial charge in [-0.05, 0) is 25.0 Å². The fraction of sp³-hybridized carbons (Fsp3) is 0.227. The van der Waals surface area contributed by atoms with Gasteiger partial charge >= 0.3 is 0 Å². The molecular formula is C22H18N4. The minimum atomic E-state index is -1.56. The van der Waals surface area contributed by atoms with E-state index in [1.54, 1.807) is 0 Å². The van der Waals surface area contributed by atoms with Crippen LogP contribution in [-0.2, 0) is 0 Å². The monoisotopic (exact) mass is 338 g/mol. The van der Waals surface area contributed by atoms with Crippen molar-refractivity contribution in [3.8, 4) is 18.2 Å². The lowest BCUT2D eigenvalue weighted by atomic mass is 9.69. The Morgan fingerprint density at radius 1 is 0.808 bits per heavy atom. The van der Waals surface area contributed by atoms with E-state index in [-0.39, 0.29) is 5.70 Å². The summed E-state index contributed by atoms with van der Waals surface area (Å²) in [5.41, 5.74) is 8.93. The molecule has 0 aliphatic heterocycles. The number of nitriles is 3. The number of hydrogen-bond acceptors (Lipinski definition) is 4. The summed E-state index contributed by atoms with van der Waals surface area (Å²) in [5.74, 6) is -0.960. The highest BCUT2D eigenvalue weighted by Crippen LogP contribution is 2.57. The summed E-state index contributed by atoms with van der Waals surface area (Å²) in [7, 11) is 0. The van der Waals surface area contributed by atoms with Crippen molar-refractivity contribution in [3.63, 3.8) is 0 Å². The van der Waals surface area contributed by atoms with E-state index < -0.39 is 17.3 Å². The molecule has 0 aromatic heterocycles. The fourth-order valence-corrected chi connectivity index (χ4v) is 3.73. The van der Waals surface area contributed by atoms with Crippen LogP contribution in [0.4, 0.5) is 0 Å². The molecule has 4 heteroatoms. The lowest BCUT2D eigenvalue weighted by molar-refractivity contribution is 0.475. The first-order valence-electron chi connectivity index (χ1n) is 8.34. The van der Waals surface area contributed by atoms with Crippen LogP contribution in [-0.4, -0.2) is 0 Å². The van der Waals surface area contributed by atoms with Crippen molar-refractivity contribution in [1.82, 2.24) is 0 Å². The zero-order valence-corrected chi connectivity index (χ0v) is 14.7. The first kappa shape index (κ1) is 17.3. The molecule has 0 saturated carbocycles. The van der Waals surface area contributed by atoms with Crippen LogP contribution in [0.1, 0.15) is 34.1 Å². The topological polar surface area (TPSA) is 97.4 Å². The highest BCUT2D eigenvalue weighted by molar-refractivity contribution is 5.58. The first-order valence-corrected chi connectivity index (χ1v) is 8.34. The van der Waals surface area contributed by atoms with Crippen molar-refractivity contribution in [2.24, 2.45) is 11.1 Å². The molecule has 0 bridgehead atoms. The molecule has 0 heterocycles. The van der Waals surface area contributed by atoms with Crippen LogP contribution in [0.15, 0.2) is 59.8 Å².